The van der Waals surface area contributed by atoms with E-state index in [9.17, 15) is 4.79 Å². The predicted octanol–water partition coefficient (Wildman–Crippen LogP) is 5.35. The van der Waals surface area contributed by atoms with Gasteiger partial charge >= 0.3 is 0 Å². The number of rotatable bonds is 5. The molecule has 1 atom stereocenters. The maximum absolute atomic E-state index is 13.3. The van der Waals surface area contributed by atoms with E-state index >= 15 is 0 Å². The average Bonchev–Trinajstić information content (AvgIpc) is 3.26. The lowest BCUT2D eigenvalue weighted by atomic mass is 10.1. The summed E-state index contributed by atoms with van der Waals surface area (Å²) in [6, 6.07) is 17.4. The van der Waals surface area contributed by atoms with Gasteiger partial charge in [0.25, 0.3) is 0 Å². The Morgan fingerprint density at radius 1 is 1.14 bits per heavy atom. The third kappa shape index (κ3) is 3.96. The van der Waals surface area contributed by atoms with Crippen LogP contribution in [0.25, 0.3) is 10.9 Å². The fraction of sp³-hybridized carbons (Fsp3) is 0.273. The number of thioether (sulfide) groups is 1. The van der Waals surface area contributed by atoms with Crippen LogP contribution in [0.3, 0.4) is 0 Å². The largest absolute Gasteiger partial charge is 0.494 e. The fourth-order valence-electron chi connectivity index (χ4n) is 3.44. The van der Waals surface area contributed by atoms with Gasteiger partial charge in [0, 0.05) is 23.5 Å². The van der Waals surface area contributed by atoms with Crippen LogP contribution in [0.15, 0.2) is 59.6 Å². The minimum Gasteiger partial charge on any atom is -0.494 e. The van der Waals surface area contributed by atoms with Crippen molar-refractivity contribution in [2.24, 2.45) is 0 Å². The zero-order chi connectivity index (χ0) is 19.5. The number of aromatic nitrogens is 1. The van der Waals surface area contributed by atoms with E-state index in [4.69, 9.17) is 21.3 Å². The van der Waals surface area contributed by atoms with E-state index in [1.165, 1.54) is 11.8 Å². The number of halogens is 1. The van der Waals surface area contributed by atoms with Gasteiger partial charge < -0.3 is 9.64 Å². The van der Waals surface area contributed by atoms with E-state index < -0.39 is 0 Å². The number of fused-ring (bicyclic) bond motifs is 1. The van der Waals surface area contributed by atoms with Gasteiger partial charge in [0.15, 0.2) is 5.75 Å². The number of methoxy groups -OCH3 is 1. The van der Waals surface area contributed by atoms with Gasteiger partial charge in [-0.3, -0.25) is 4.79 Å². The predicted molar refractivity (Wildman–Crippen MR) is 114 cm³/mol. The zero-order valence-electron chi connectivity index (χ0n) is 15.6. The molecule has 4 rings (SSSR count). The Morgan fingerprint density at radius 2 is 1.89 bits per heavy atom. The molecule has 1 fully saturated rings. The highest BCUT2D eigenvalue weighted by atomic mass is 35.5. The molecule has 3 aromatic rings. The number of ether oxygens (including phenoxy) is 1. The number of carbonyl (C=O) groups is 1. The number of pyridine rings is 1. The van der Waals surface area contributed by atoms with Crippen molar-refractivity contribution in [2.75, 3.05) is 20.2 Å². The van der Waals surface area contributed by atoms with Crippen LogP contribution in [0.2, 0.25) is 5.02 Å². The van der Waals surface area contributed by atoms with Gasteiger partial charge in [-0.2, -0.15) is 0 Å². The molecule has 6 heteroatoms. The van der Waals surface area contributed by atoms with Crippen molar-refractivity contribution in [3.8, 4) is 5.75 Å². The number of carbonyl (C=O) groups excluding carboxylic acids is 1. The first-order chi connectivity index (χ1) is 13.7. The van der Waals surface area contributed by atoms with Crippen LogP contribution in [-0.2, 0) is 4.79 Å². The van der Waals surface area contributed by atoms with E-state index in [0.29, 0.717) is 15.8 Å². The zero-order valence-corrected chi connectivity index (χ0v) is 17.2. The van der Waals surface area contributed by atoms with Crippen molar-refractivity contribution in [3.63, 3.8) is 0 Å². The molecule has 1 saturated heterocycles. The van der Waals surface area contributed by atoms with Gasteiger partial charge in [-0.25, -0.2) is 4.98 Å². The van der Waals surface area contributed by atoms with Gasteiger partial charge in [0.1, 0.15) is 10.3 Å². The minimum atomic E-state index is -0.356. The molecule has 0 bridgehead atoms. The van der Waals surface area contributed by atoms with Crippen molar-refractivity contribution in [2.45, 2.75) is 23.1 Å². The Hall–Kier alpha value is -2.24. The van der Waals surface area contributed by atoms with E-state index in [-0.39, 0.29) is 11.2 Å². The van der Waals surface area contributed by atoms with Crippen LogP contribution in [0.1, 0.15) is 23.7 Å². The van der Waals surface area contributed by atoms with Crippen molar-refractivity contribution in [1.82, 2.24) is 9.88 Å². The first kappa shape index (κ1) is 19.1. The van der Waals surface area contributed by atoms with Crippen molar-refractivity contribution >= 4 is 40.2 Å². The van der Waals surface area contributed by atoms with Crippen molar-refractivity contribution < 1.29 is 9.53 Å². The molecule has 1 amide bonds. The molecule has 0 N–H and O–H groups in total. The molecule has 28 heavy (non-hydrogen) atoms. The molecule has 1 aliphatic heterocycles. The van der Waals surface area contributed by atoms with Crippen LogP contribution < -0.4 is 4.74 Å². The summed E-state index contributed by atoms with van der Waals surface area (Å²) in [4.78, 5) is 20.0. The summed E-state index contributed by atoms with van der Waals surface area (Å²) in [5, 5.41) is 1.92. The lowest BCUT2D eigenvalue weighted by Gasteiger charge is -2.23. The molecular weight excluding hydrogens is 392 g/mol. The molecule has 1 aliphatic rings. The van der Waals surface area contributed by atoms with Crippen LogP contribution in [0, 0.1) is 0 Å². The minimum absolute atomic E-state index is 0.133. The van der Waals surface area contributed by atoms with Crippen LogP contribution in [0.4, 0.5) is 0 Å². The summed E-state index contributed by atoms with van der Waals surface area (Å²) in [7, 11) is 1.62. The van der Waals surface area contributed by atoms with Crippen LogP contribution in [-0.4, -0.2) is 36.0 Å². The SMILES string of the molecule is COc1cc2cc(Cl)ccc2nc1SC(C(=O)N1CCCC1)c1ccccc1. The lowest BCUT2D eigenvalue weighted by molar-refractivity contribution is -0.129. The van der Waals surface area contributed by atoms with E-state index in [0.717, 1.165) is 42.4 Å². The smallest absolute Gasteiger partial charge is 0.240 e. The third-order valence-electron chi connectivity index (χ3n) is 4.90. The molecule has 0 spiro atoms. The lowest BCUT2D eigenvalue weighted by Crippen LogP contribution is -2.31. The monoisotopic (exact) mass is 412 g/mol. The summed E-state index contributed by atoms with van der Waals surface area (Å²) in [5.41, 5.74) is 1.80. The summed E-state index contributed by atoms with van der Waals surface area (Å²) >= 11 is 7.56. The number of likely N-dealkylation sites (tertiary alicyclic amines) is 1. The Morgan fingerprint density at radius 3 is 2.61 bits per heavy atom. The van der Waals surface area contributed by atoms with Gasteiger partial charge in [0.05, 0.1) is 12.6 Å². The molecule has 4 nitrogen and oxygen atoms in total. The van der Waals surface area contributed by atoms with Gasteiger partial charge in [-0.05, 0) is 42.7 Å². The molecule has 1 unspecified atom stereocenters. The number of hydrogen-bond donors (Lipinski definition) is 0. The van der Waals surface area contributed by atoms with E-state index in [2.05, 4.69) is 0 Å². The standard InChI is InChI=1S/C22H21ClN2O2S/c1-27-19-14-16-13-17(23)9-10-18(16)24-21(19)28-20(15-7-3-2-4-8-15)22(26)25-11-5-6-12-25/h2-4,7-10,13-14,20H,5-6,11-12H2,1H3. The summed E-state index contributed by atoms with van der Waals surface area (Å²) in [6.45, 7) is 1.65. The normalized spacial score (nSPS) is 15.0. The van der Waals surface area contributed by atoms with Crippen LogP contribution >= 0.6 is 23.4 Å². The summed E-state index contributed by atoms with van der Waals surface area (Å²) in [5.74, 6) is 0.781. The number of hydrogen-bond acceptors (Lipinski definition) is 4. The Labute approximate surface area is 173 Å². The van der Waals surface area contributed by atoms with Gasteiger partial charge in [-0.15, -0.1) is 0 Å². The summed E-state index contributed by atoms with van der Waals surface area (Å²) in [6.07, 6.45) is 2.13. The highest BCUT2D eigenvalue weighted by Gasteiger charge is 2.30. The molecule has 0 radical (unpaired) electrons. The topological polar surface area (TPSA) is 42.4 Å². The second kappa shape index (κ2) is 8.41. The quantitative estimate of drug-likeness (QED) is 0.529. The highest BCUT2D eigenvalue weighted by molar-refractivity contribution is 8.00. The second-order valence-electron chi connectivity index (χ2n) is 6.77. The number of nitrogens with zero attached hydrogens (tertiary/aromatic N) is 2. The maximum Gasteiger partial charge on any atom is 0.240 e. The third-order valence-corrected chi connectivity index (χ3v) is 6.36. The van der Waals surface area contributed by atoms with E-state index in [1.807, 2.05) is 59.5 Å². The van der Waals surface area contributed by atoms with Crippen molar-refractivity contribution in [1.29, 1.82) is 0 Å². The Bertz CT molecular complexity index is 990. The van der Waals surface area contributed by atoms with E-state index in [1.54, 1.807) is 7.11 Å². The molecule has 144 valence electrons. The maximum atomic E-state index is 13.3. The van der Waals surface area contributed by atoms with Gasteiger partial charge in [0.2, 0.25) is 5.91 Å². The Balaban J connectivity index is 1.73. The first-order valence-electron chi connectivity index (χ1n) is 9.30. The molecule has 2 heterocycles. The number of benzene rings is 2. The van der Waals surface area contributed by atoms with Crippen molar-refractivity contribution in [3.05, 3.63) is 65.2 Å². The second-order valence-corrected chi connectivity index (χ2v) is 8.30. The fourth-order valence-corrected chi connectivity index (χ4v) is 4.80. The summed E-state index contributed by atoms with van der Waals surface area (Å²) < 4.78 is 5.58. The molecule has 0 aliphatic carbocycles. The Kier molecular flexibility index (Phi) is 5.74. The molecule has 2 aromatic carbocycles. The first-order valence-corrected chi connectivity index (χ1v) is 10.6. The molecule has 1 aromatic heterocycles. The van der Waals surface area contributed by atoms with Gasteiger partial charge in [-0.1, -0.05) is 53.7 Å². The molecular formula is C22H21ClN2O2S. The van der Waals surface area contributed by atoms with Crippen LogP contribution in [0.5, 0.6) is 5.75 Å². The average molecular weight is 413 g/mol. The molecule has 0 saturated carbocycles. The highest BCUT2D eigenvalue weighted by Crippen LogP contribution is 2.41. The number of amides is 1.